The summed E-state index contributed by atoms with van der Waals surface area (Å²) in [4.78, 5) is 0. The number of aromatic nitrogens is 2. The van der Waals surface area contributed by atoms with Crippen LogP contribution in [0.2, 0.25) is 5.02 Å². The van der Waals surface area contributed by atoms with Crippen LogP contribution in [0.25, 0.3) is 55.0 Å². The summed E-state index contributed by atoms with van der Waals surface area (Å²) < 4.78 is 4.70. The molecule has 0 spiro atoms. The number of nitrogens with two attached hydrogens (primary N) is 1. The van der Waals surface area contributed by atoms with Gasteiger partial charge in [0.15, 0.2) is 0 Å². The molecule has 0 aliphatic heterocycles. The van der Waals surface area contributed by atoms with Crippen LogP contribution in [-0.2, 0) is 17.3 Å². The summed E-state index contributed by atoms with van der Waals surface area (Å²) in [7, 11) is 0. The molecule has 4 heteroatoms. The number of para-hydroxylation sites is 3. The Bertz CT molecular complexity index is 3050. The molecule has 0 aliphatic carbocycles. The van der Waals surface area contributed by atoms with E-state index in [0.29, 0.717) is 0 Å². The smallest absolute Gasteiger partial charge is 0.0555 e. The maximum absolute atomic E-state index is 6.28. The van der Waals surface area contributed by atoms with Crippen molar-refractivity contribution >= 4 is 60.9 Å². The highest BCUT2D eigenvalue weighted by molar-refractivity contribution is 6.31. The van der Waals surface area contributed by atoms with Crippen molar-refractivity contribution in [3.63, 3.8) is 0 Å². The fraction of sp³-hybridized carbons (Fsp3) is 0.158. The number of hydrogen-bond acceptors (Lipinski definition) is 1. The Hall–Kier alpha value is -6.55. The van der Waals surface area contributed by atoms with Gasteiger partial charge in [0.25, 0.3) is 0 Å². The van der Waals surface area contributed by atoms with Gasteiger partial charge in [0.2, 0.25) is 0 Å². The molecule has 10 aromatic rings. The SMILES string of the molecule is CC(C)(C)c1ccc(-n2c3ccccc3c3ccc(Cc4ccccc4)cc32)cc1.CC(C)(C)c1ccc(-n2c3ccccc3c3ccc(Cl)cc32)cc1.Nc1ccccc1. The summed E-state index contributed by atoms with van der Waals surface area (Å²) in [6.45, 7) is 13.5. The average Bonchev–Trinajstić information content (AvgIpc) is 3.76. The third kappa shape index (κ3) is 8.99. The lowest BCUT2D eigenvalue weighted by molar-refractivity contribution is 0.590. The lowest BCUT2D eigenvalue weighted by Crippen LogP contribution is -2.10. The molecule has 0 saturated carbocycles. The van der Waals surface area contributed by atoms with Crippen LogP contribution in [0.15, 0.2) is 194 Å². The predicted octanol–water partition coefficient (Wildman–Crippen LogP) is 15.7. The molecule has 0 radical (unpaired) electrons. The quantitative estimate of drug-likeness (QED) is 0.177. The minimum Gasteiger partial charge on any atom is -0.399 e. The van der Waals surface area contributed by atoms with Gasteiger partial charge in [-0.3, -0.25) is 0 Å². The monoisotopic (exact) mass is 815 g/mol. The second-order valence-corrected chi connectivity index (χ2v) is 18.3. The molecule has 304 valence electrons. The molecule has 3 nitrogen and oxygen atoms in total. The van der Waals surface area contributed by atoms with Crippen LogP contribution in [0, 0.1) is 0 Å². The fourth-order valence-corrected chi connectivity index (χ4v) is 8.30. The van der Waals surface area contributed by atoms with Crippen LogP contribution < -0.4 is 5.73 Å². The lowest BCUT2D eigenvalue weighted by atomic mass is 9.87. The van der Waals surface area contributed by atoms with E-state index < -0.39 is 0 Å². The summed E-state index contributed by atoms with van der Waals surface area (Å²) in [5.74, 6) is 0. The molecule has 0 aliphatic rings. The van der Waals surface area contributed by atoms with Gasteiger partial charge in [-0.15, -0.1) is 0 Å². The molecular formula is C57H54ClN3. The molecule has 61 heavy (non-hydrogen) atoms. The van der Waals surface area contributed by atoms with E-state index in [-0.39, 0.29) is 10.8 Å². The van der Waals surface area contributed by atoms with Gasteiger partial charge >= 0.3 is 0 Å². The van der Waals surface area contributed by atoms with Gasteiger partial charge in [0.05, 0.1) is 22.1 Å². The van der Waals surface area contributed by atoms with Crippen LogP contribution in [0.3, 0.4) is 0 Å². The highest BCUT2D eigenvalue weighted by Crippen LogP contribution is 2.36. The van der Waals surface area contributed by atoms with Crippen LogP contribution in [0.1, 0.15) is 63.8 Å². The van der Waals surface area contributed by atoms with E-state index in [1.165, 1.54) is 66.0 Å². The van der Waals surface area contributed by atoms with Crippen LogP contribution in [-0.4, -0.2) is 9.13 Å². The maximum Gasteiger partial charge on any atom is 0.0555 e. The van der Waals surface area contributed by atoms with E-state index >= 15 is 0 Å². The first-order valence-corrected chi connectivity index (χ1v) is 21.5. The van der Waals surface area contributed by atoms with Gasteiger partial charge in [0, 0.05) is 43.6 Å². The molecule has 0 unspecified atom stereocenters. The van der Waals surface area contributed by atoms with E-state index in [2.05, 4.69) is 208 Å². The number of nitrogen functional groups attached to an aromatic ring is 1. The topological polar surface area (TPSA) is 35.9 Å². The number of nitrogens with zero attached hydrogens (tertiary/aromatic N) is 2. The van der Waals surface area contributed by atoms with E-state index in [1.54, 1.807) is 0 Å². The molecule has 10 rings (SSSR count). The Kier molecular flexibility index (Phi) is 11.6. The summed E-state index contributed by atoms with van der Waals surface area (Å²) in [5.41, 5.74) is 19.1. The zero-order valence-corrected chi connectivity index (χ0v) is 36.8. The van der Waals surface area contributed by atoms with Crippen LogP contribution in [0.5, 0.6) is 0 Å². The largest absolute Gasteiger partial charge is 0.399 e. The van der Waals surface area contributed by atoms with E-state index in [0.717, 1.165) is 28.3 Å². The first-order chi connectivity index (χ1) is 29.3. The predicted molar refractivity (Wildman–Crippen MR) is 264 cm³/mol. The van der Waals surface area contributed by atoms with Crippen LogP contribution in [0.4, 0.5) is 5.69 Å². The Morgan fingerprint density at radius 3 is 1.26 bits per heavy atom. The highest BCUT2D eigenvalue weighted by Gasteiger charge is 2.17. The van der Waals surface area contributed by atoms with Gasteiger partial charge in [-0.05, 0) is 106 Å². The Morgan fingerprint density at radius 2 is 0.803 bits per heavy atom. The van der Waals surface area contributed by atoms with Crippen molar-refractivity contribution in [2.45, 2.75) is 58.8 Å². The fourth-order valence-electron chi connectivity index (χ4n) is 8.13. The second-order valence-electron chi connectivity index (χ2n) is 17.9. The van der Waals surface area contributed by atoms with Crippen molar-refractivity contribution < 1.29 is 0 Å². The van der Waals surface area contributed by atoms with Crippen molar-refractivity contribution in [3.05, 3.63) is 221 Å². The summed E-state index contributed by atoms with van der Waals surface area (Å²) in [6, 6.07) is 68.4. The summed E-state index contributed by atoms with van der Waals surface area (Å²) in [6.07, 6.45) is 0.946. The van der Waals surface area contributed by atoms with Crippen molar-refractivity contribution in [3.8, 4) is 11.4 Å². The lowest BCUT2D eigenvalue weighted by Gasteiger charge is -2.19. The molecule has 2 heterocycles. The number of benzene rings is 8. The van der Waals surface area contributed by atoms with E-state index in [4.69, 9.17) is 17.3 Å². The Morgan fingerprint density at radius 1 is 0.393 bits per heavy atom. The molecule has 0 amide bonds. The molecule has 2 N–H and O–H groups in total. The number of hydrogen-bond donors (Lipinski definition) is 1. The maximum atomic E-state index is 6.28. The van der Waals surface area contributed by atoms with Crippen LogP contribution >= 0.6 is 11.6 Å². The second kappa shape index (κ2) is 17.2. The first kappa shape index (κ1) is 41.2. The van der Waals surface area contributed by atoms with E-state index in [1.807, 2.05) is 36.4 Å². The van der Waals surface area contributed by atoms with E-state index in [9.17, 15) is 0 Å². The van der Waals surface area contributed by atoms with Gasteiger partial charge in [0.1, 0.15) is 0 Å². The minimum absolute atomic E-state index is 0.155. The third-order valence-electron chi connectivity index (χ3n) is 11.4. The number of rotatable bonds is 4. The molecule has 8 aromatic carbocycles. The molecule has 2 aromatic heterocycles. The van der Waals surface area contributed by atoms with Crippen molar-refractivity contribution in [2.75, 3.05) is 5.73 Å². The molecule has 0 saturated heterocycles. The Labute approximate surface area is 365 Å². The standard InChI is InChI=1S/C29H27N.C22H20ClN.C6H7N/c1-29(2,3)23-14-16-24(17-15-23)30-27-12-8-7-11-25(27)26-18-13-22(20-28(26)30)19-21-9-5-4-6-10-21;1-22(2,3)15-8-11-17(12-9-15)24-20-7-5-4-6-18(20)19-13-10-16(23)14-21(19)24;7-6-4-2-1-3-5-6/h4-18,20H,19H2,1-3H3;4-14H,1-3H3;1-5H,7H2. The number of halogens is 1. The molecule has 0 atom stereocenters. The Balaban J connectivity index is 0.000000148. The summed E-state index contributed by atoms with van der Waals surface area (Å²) in [5, 5.41) is 5.86. The summed E-state index contributed by atoms with van der Waals surface area (Å²) >= 11 is 6.28. The third-order valence-corrected chi connectivity index (χ3v) is 11.6. The minimum atomic E-state index is 0.155. The van der Waals surface area contributed by atoms with Gasteiger partial charge in [-0.25, -0.2) is 0 Å². The zero-order chi connectivity index (χ0) is 42.7. The number of anilines is 1. The van der Waals surface area contributed by atoms with Gasteiger partial charge < -0.3 is 14.9 Å². The van der Waals surface area contributed by atoms with Gasteiger partial charge in [-0.2, -0.15) is 0 Å². The molecular weight excluding hydrogens is 762 g/mol. The highest BCUT2D eigenvalue weighted by atomic mass is 35.5. The zero-order valence-electron chi connectivity index (χ0n) is 36.0. The molecule has 0 bridgehead atoms. The molecule has 0 fully saturated rings. The van der Waals surface area contributed by atoms with Gasteiger partial charge in [-0.1, -0.05) is 181 Å². The average molecular weight is 817 g/mol. The van der Waals surface area contributed by atoms with Crippen molar-refractivity contribution in [1.29, 1.82) is 0 Å². The van der Waals surface area contributed by atoms with Crippen molar-refractivity contribution in [2.24, 2.45) is 0 Å². The number of fused-ring (bicyclic) bond motifs is 6. The normalized spacial score (nSPS) is 11.7. The van der Waals surface area contributed by atoms with Crippen molar-refractivity contribution in [1.82, 2.24) is 9.13 Å². The first-order valence-electron chi connectivity index (χ1n) is 21.1.